The monoisotopic (exact) mass is 372 g/mol. The van der Waals surface area contributed by atoms with Gasteiger partial charge in [0.1, 0.15) is 5.75 Å². The largest absolute Gasteiger partial charge is 0.494 e. The summed E-state index contributed by atoms with van der Waals surface area (Å²) in [6.07, 6.45) is 0. The quantitative estimate of drug-likeness (QED) is 0.732. The van der Waals surface area contributed by atoms with Gasteiger partial charge in [0.05, 0.1) is 17.6 Å². The average molecular weight is 372 g/mol. The Balaban J connectivity index is 1.78. The predicted molar refractivity (Wildman–Crippen MR) is 108 cm³/mol. The van der Waals surface area contributed by atoms with E-state index in [0.717, 1.165) is 17.0 Å². The molecule has 0 unspecified atom stereocenters. The van der Waals surface area contributed by atoms with E-state index in [1.54, 1.807) is 19.1 Å². The molecule has 0 fully saturated rings. The lowest BCUT2D eigenvalue weighted by Gasteiger charge is -2.13. The van der Waals surface area contributed by atoms with Crippen LogP contribution in [0.5, 0.6) is 5.75 Å². The van der Waals surface area contributed by atoms with Gasteiger partial charge in [0, 0.05) is 11.4 Å². The molecule has 26 heavy (non-hydrogen) atoms. The van der Waals surface area contributed by atoms with E-state index in [-0.39, 0.29) is 22.8 Å². The molecule has 138 valence electrons. The van der Waals surface area contributed by atoms with Gasteiger partial charge in [0.25, 0.3) is 0 Å². The summed E-state index contributed by atoms with van der Waals surface area (Å²) < 4.78 is 5.37. The minimum Gasteiger partial charge on any atom is -0.494 e. The van der Waals surface area contributed by atoms with Crippen LogP contribution < -0.4 is 15.4 Å². The summed E-state index contributed by atoms with van der Waals surface area (Å²) >= 11 is 1.30. The normalized spacial score (nSPS) is 11.5. The summed E-state index contributed by atoms with van der Waals surface area (Å²) in [5, 5.41) is 5.34. The SMILES string of the molecule is CCOc1ccc(NC(=O)[C@@H](C)SCC(=O)Nc2cccc(C)c2)cc1. The first-order valence-electron chi connectivity index (χ1n) is 8.49. The summed E-state index contributed by atoms with van der Waals surface area (Å²) in [5.74, 6) is 0.718. The summed E-state index contributed by atoms with van der Waals surface area (Å²) in [5.41, 5.74) is 2.55. The van der Waals surface area contributed by atoms with Crippen molar-refractivity contribution in [3.63, 3.8) is 0 Å². The van der Waals surface area contributed by atoms with E-state index >= 15 is 0 Å². The zero-order valence-electron chi connectivity index (χ0n) is 15.2. The molecule has 2 N–H and O–H groups in total. The van der Waals surface area contributed by atoms with Gasteiger partial charge in [-0.25, -0.2) is 0 Å². The number of anilines is 2. The molecule has 0 aliphatic rings. The lowest BCUT2D eigenvalue weighted by atomic mass is 10.2. The van der Waals surface area contributed by atoms with E-state index in [4.69, 9.17) is 4.74 Å². The van der Waals surface area contributed by atoms with Crippen molar-refractivity contribution in [2.75, 3.05) is 23.0 Å². The Bertz CT molecular complexity index is 747. The van der Waals surface area contributed by atoms with Crippen LogP contribution in [0.25, 0.3) is 0 Å². The number of amides is 2. The molecule has 0 saturated carbocycles. The van der Waals surface area contributed by atoms with Gasteiger partial charge >= 0.3 is 0 Å². The Kier molecular flexibility index (Phi) is 7.53. The van der Waals surface area contributed by atoms with Gasteiger partial charge in [0.15, 0.2) is 0 Å². The van der Waals surface area contributed by atoms with Crippen LogP contribution >= 0.6 is 11.8 Å². The molecule has 5 nitrogen and oxygen atoms in total. The number of hydrogen-bond donors (Lipinski definition) is 2. The van der Waals surface area contributed by atoms with Crippen LogP contribution in [-0.2, 0) is 9.59 Å². The number of thioether (sulfide) groups is 1. The molecule has 0 spiro atoms. The van der Waals surface area contributed by atoms with E-state index < -0.39 is 0 Å². The first-order chi connectivity index (χ1) is 12.5. The highest BCUT2D eigenvalue weighted by Crippen LogP contribution is 2.18. The lowest BCUT2D eigenvalue weighted by Crippen LogP contribution is -2.25. The zero-order valence-corrected chi connectivity index (χ0v) is 16.1. The van der Waals surface area contributed by atoms with Gasteiger partial charge in [-0.2, -0.15) is 0 Å². The lowest BCUT2D eigenvalue weighted by molar-refractivity contribution is -0.115. The number of rotatable bonds is 8. The molecule has 0 saturated heterocycles. The minimum absolute atomic E-state index is 0.124. The number of hydrogen-bond acceptors (Lipinski definition) is 4. The van der Waals surface area contributed by atoms with Crippen molar-refractivity contribution in [2.45, 2.75) is 26.0 Å². The van der Waals surface area contributed by atoms with Gasteiger partial charge in [-0.15, -0.1) is 11.8 Å². The fourth-order valence-corrected chi connectivity index (χ4v) is 2.93. The van der Waals surface area contributed by atoms with E-state index in [0.29, 0.717) is 12.3 Å². The van der Waals surface area contributed by atoms with Crippen LogP contribution in [0.2, 0.25) is 0 Å². The fraction of sp³-hybridized carbons (Fsp3) is 0.300. The maximum absolute atomic E-state index is 12.2. The van der Waals surface area contributed by atoms with Gasteiger partial charge in [-0.05, 0) is 62.7 Å². The Morgan fingerprint density at radius 1 is 1.08 bits per heavy atom. The molecule has 2 aromatic carbocycles. The molecule has 0 heterocycles. The molecule has 1 atom stereocenters. The molecule has 6 heteroatoms. The van der Waals surface area contributed by atoms with Crippen molar-refractivity contribution in [2.24, 2.45) is 0 Å². The number of ether oxygens (including phenoxy) is 1. The molecule has 2 rings (SSSR count). The van der Waals surface area contributed by atoms with E-state index in [1.165, 1.54) is 11.8 Å². The Morgan fingerprint density at radius 3 is 2.46 bits per heavy atom. The van der Waals surface area contributed by atoms with Crippen molar-refractivity contribution >= 4 is 35.0 Å². The van der Waals surface area contributed by atoms with Crippen molar-refractivity contribution in [1.29, 1.82) is 0 Å². The van der Waals surface area contributed by atoms with Crippen molar-refractivity contribution < 1.29 is 14.3 Å². The molecule has 2 amide bonds. The highest BCUT2D eigenvalue weighted by Gasteiger charge is 2.15. The minimum atomic E-state index is -0.343. The van der Waals surface area contributed by atoms with Crippen molar-refractivity contribution in [3.8, 4) is 5.75 Å². The van der Waals surface area contributed by atoms with Gasteiger partial charge in [-0.3, -0.25) is 9.59 Å². The third kappa shape index (κ3) is 6.44. The van der Waals surface area contributed by atoms with E-state index in [1.807, 2.05) is 50.2 Å². The van der Waals surface area contributed by atoms with Gasteiger partial charge < -0.3 is 15.4 Å². The first-order valence-corrected chi connectivity index (χ1v) is 9.54. The highest BCUT2D eigenvalue weighted by molar-refractivity contribution is 8.01. The number of aryl methyl sites for hydroxylation is 1. The Labute approximate surface area is 158 Å². The molecule has 2 aromatic rings. The Morgan fingerprint density at radius 2 is 1.81 bits per heavy atom. The molecular weight excluding hydrogens is 348 g/mol. The topological polar surface area (TPSA) is 67.4 Å². The molecular formula is C20H24N2O3S. The number of carbonyl (C=O) groups excluding carboxylic acids is 2. The number of nitrogens with one attached hydrogen (secondary N) is 2. The van der Waals surface area contributed by atoms with Crippen LogP contribution in [0.15, 0.2) is 48.5 Å². The summed E-state index contributed by atoms with van der Waals surface area (Å²) in [7, 11) is 0. The highest BCUT2D eigenvalue weighted by atomic mass is 32.2. The number of carbonyl (C=O) groups is 2. The van der Waals surface area contributed by atoms with Crippen LogP contribution in [-0.4, -0.2) is 29.4 Å². The van der Waals surface area contributed by atoms with Crippen molar-refractivity contribution in [3.05, 3.63) is 54.1 Å². The second kappa shape index (κ2) is 9.87. The average Bonchev–Trinajstić information content (AvgIpc) is 2.61. The standard InChI is InChI=1S/C20H24N2O3S/c1-4-25-18-10-8-16(9-11-18)22-20(24)15(3)26-13-19(23)21-17-7-5-6-14(2)12-17/h5-12,15H,4,13H2,1-3H3,(H,21,23)(H,22,24)/t15-/m1/s1. The van der Waals surface area contributed by atoms with Crippen LogP contribution in [0.3, 0.4) is 0 Å². The predicted octanol–water partition coefficient (Wildman–Crippen LogP) is 4.09. The summed E-state index contributed by atoms with van der Waals surface area (Å²) in [6, 6.07) is 14.8. The molecule has 0 aliphatic carbocycles. The van der Waals surface area contributed by atoms with Crippen LogP contribution in [0.1, 0.15) is 19.4 Å². The first kappa shape index (κ1) is 19.8. The second-order valence-corrected chi connectivity index (χ2v) is 7.15. The second-order valence-electron chi connectivity index (χ2n) is 5.82. The van der Waals surface area contributed by atoms with Crippen molar-refractivity contribution in [1.82, 2.24) is 0 Å². The van der Waals surface area contributed by atoms with Crippen LogP contribution in [0, 0.1) is 6.92 Å². The third-order valence-corrected chi connectivity index (χ3v) is 4.71. The van der Waals surface area contributed by atoms with E-state index in [9.17, 15) is 9.59 Å². The molecule has 0 aromatic heterocycles. The summed E-state index contributed by atoms with van der Waals surface area (Å²) in [4.78, 5) is 24.3. The maximum atomic E-state index is 12.2. The van der Waals surface area contributed by atoms with Gasteiger partial charge in [-0.1, -0.05) is 12.1 Å². The molecule has 0 aliphatic heterocycles. The molecule has 0 radical (unpaired) electrons. The number of benzene rings is 2. The smallest absolute Gasteiger partial charge is 0.237 e. The van der Waals surface area contributed by atoms with E-state index in [2.05, 4.69) is 10.6 Å². The fourth-order valence-electron chi connectivity index (χ4n) is 2.24. The Hall–Kier alpha value is -2.47. The third-order valence-electron chi connectivity index (χ3n) is 3.57. The van der Waals surface area contributed by atoms with Crippen LogP contribution in [0.4, 0.5) is 11.4 Å². The molecule has 0 bridgehead atoms. The summed E-state index contributed by atoms with van der Waals surface area (Å²) in [6.45, 7) is 6.28. The van der Waals surface area contributed by atoms with Gasteiger partial charge in [0.2, 0.25) is 11.8 Å². The zero-order chi connectivity index (χ0) is 18.9. The maximum Gasteiger partial charge on any atom is 0.237 e.